The fourth-order valence-electron chi connectivity index (χ4n) is 4.44. The summed E-state index contributed by atoms with van der Waals surface area (Å²) in [5.74, 6) is 0.960. The Balaban J connectivity index is 1.62. The Kier molecular flexibility index (Phi) is 11.2. The number of likely N-dealkylation sites (N-methyl/N-ethyl adjacent to an activating group) is 1. The van der Waals surface area contributed by atoms with E-state index in [4.69, 9.17) is 4.74 Å². The third-order valence-electron chi connectivity index (χ3n) is 6.44. The fraction of sp³-hybridized carbons (Fsp3) is 0.438. The van der Waals surface area contributed by atoms with Crippen molar-refractivity contribution in [1.29, 1.82) is 0 Å². The van der Waals surface area contributed by atoms with E-state index in [2.05, 4.69) is 98.9 Å². The maximum absolute atomic E-state index is 6.04. The van der Waals surface area contributed by atoms with E-state index in [1.165, 1.54) is 72.8 Å². The number of ether oxygens (including phenoxy) is 1. The van der Waals surface area contributed by atoms with Crippen molar-refractivity contribution in [3.8, 4) is 5.75 Å². The van der Waals surface area contributed by atoms with Gasteiger partial charge in [0.25, 0.3) is 0 Å². The average molecular weight is 458 g/mol. The molecule has 0 aromatic heterocycles. The van der Waals surface area contributed by atoms with E-state index in [1.807, 2.05) is 0 Å². The van der Waals surface area contributed by atoms with Crippen LogP contribution in [0.2, 0.25) is 0 Å². The van der Waals surface area contributed by atoms with Gasteiger partial charge in [-0.1, -0.05) is 125 Å². The van der Waals surface area contributed by atoms with Crippen LogP contribution < -0.4 is 10.1 Å². The molecule has 0 heterocycles. The number of unbranched alkanes of at least 4 members (excludes halogenated alkanes) is 7. The molecule has 0 atom stereocenters. The van der Waals surface area contributed by atoms with Crippen molar-refractivity contribution in [3.63, 3.8) is 0 Å². The number of benzene rings is 2. The molecule has 2 aromatic carbocycles. The molecule has 0 saturated carbocycles. The van der Waals surface area contributed by atoms with Crippen molar-refractivity contribution < 1.29 is 4.74 Å². The Morgan fingerprint density at radius 2 is 1.29 bits per heavy atom. The zero-order chi connectivity index (χ0) is 24.0. The fourth-order valence-corrected chi connectivity index (χ4v) is 4.44. The first-order valence-corrected chi connectivity index (χ1v) is 13.4. The van der Waals surface area contributed by atoms with Gasteiger partial charge >= 0.3 is 0 Å². The number of allylic oxidation sites excluding steroid dienone is 3. The first-order chi connectivity index (χ1) is 16.7. The first-order valence-electron chi connectivity index (χ1n) is 13.4. The van der Waals surface area contributed by atoms with Crippen LogP contribution in [0.5, 0.6) is 5.75 Å². The quantitative estimate of drug-likeness (QED) is 0.287. The van der Waals surface area contributed by atoms with Gasteiger partial charge in [0, 0.05) is 6.04 Å². The Hall–Kier alpha value is -2.58. The minimum atomic E-state index is 0.306. The lowest BCUT2D eigenvalue weighted by atomic mass is 9.90. The van der Waals surface area contributed by atoms with E-state index in [-0.39, 0.29) is 0 Å². The van der Waals surface area contributed by atoms with Crippen molar-refractivity contribution >= 4 is 5.57 Å². The van der Waals surface area contributed by atoms with Gasteiger partial charge in [-0.2, -0.15) is 0 Å². The van der Waals surface area contributed by atoms with Crippen molar-refractivity contribution in [2.75, 3.05) is 13.2 Å². The van der Waals surface area contributed by atoms with E-state index in [0.717, 1.165) is 25.3 Å². The molecule has 0 radical (unpaired) electrons. The molecular formula is C32H43NO. The van der Waals surface area contributed by atoms with Crippen molar-refractivity contribution in [3.05, 3.63) is 95.1 Å². The van der Waals surface area contributed by atoms with Crippen molar-refractivity contribution in [2.45, 2.75) is 78.2 Å². The van der Waals surface area contributed by atoms with E-state index in [0.29, 0.717) is 6.04 Å². The second kappa shape index (κ2) is 14.6. The molecule has 0 spiro atoms. The molecule has 0 amide bonds. The van der Waals surface area contributed by atoms with Crippen LogP contribution >= 0.6 is 0 Å². The van der Waals surface area contributed by atoms with Crippen molar-refractivity contribution in [2.24, 2.45) is 0 Å². The molecule has 0 unspecified atom stereocenters. The van der Waals surface area contributed by atoms with Gasteiger partial charge in [0.2, 0.25) is 0 Å². The van der Waals surface area contributed by atoms with Gasteiger partial charge in [-0.25, -0.2) is 0 Å². The Morgan fingerprint density at radius 1 is 0.735 bits per heavy atom. The molecule has 0 bridgehead atoms. The Labute approximate surface area is 207 Å². The van der Waals surface area contributed by atoms with E-state index in [1.54, 1.807) is 0 Å². The summed E-state index contributed by atoms with van der Waals surface area (Å²) in [5, 5.41) is 3.47. The molecule has 3 rings (SSSR count). The molecule has 2 aromatic rings. The summed E-state index contributed by atoms with van der Waals surface area (Å²) in [6.07, 6.45) is 19.5. The summed E-state index contributed by atoms with van der Waals surface area (Å²) in [6, 6.07) is 17.8. The Morgan fingerprint density at radius 3 is 1.88 bits per heavy atom. The lowest BCUT2D eigenvalue weighted by Gasteiger charge is -2.18. The molecule has 0 fully saturated rings. The van der Waals surface area contributed by atoms with Gasteiger partial charge in [-0.15, -0.1) is 0 Å². The standard InChI is InChI=1S/C32H43NO/c1-4-6-7-8-9-10-11-12-25-34-31-23-19-29(20-24-31)32(27-15-13-26(3)14-16-27)28-17-21-30(22-18-28)33-5-2/h13-24,30,33H,4-12,25H2,1-3H3. The van der Waals surface area contributed by atoms with Crippen LogP contribution in [0.15, 0.2) is 78.4 Å². The molecule has 2 nitrogen and oxygen atoms in total. The number of hydrogen-bond donors (Lipinski definition) is 1. The minimum absolute atomic E-state index is 0.306. The molecule has 0 saturated heterocycles. The van der Waals surface area contributed by atoms with Crippen LogP contribution in [0.3, 0.4) is 0 Å². The molecular weight excluding hydrogens is 414 g/mol. The molecule has 1 aliphatic rings. The zero-order valence-electron chi connectivity index (χ0n) is 21.5. The van der Waals surface area contributed by atoms with Gasteiger partial charge in [0.05, 0.1) is 6.61 Å². The average Bonchev–Trinajstić information content (AvgIpc) is 2.86. The highest BCUT2D eigenvalue weighted by atomic mass is 16.5. The smallest absolute Gasteiger partial charge is 0.119 e. The first kappa shape index (κ1) is 26.0. The monoisotopic (exact) mass is 457 g/mol. The van der Waals surface area contributed by atoms with Gasteiger partial charge in [-0.05, 0) is 54.3 Å². The molecule has 34 heavy (non-hydrogen) atoms. The van der Waals surface area contributed by atoms with E-state index < -0.39 is 0 Å². The normalized spacial score (nSPS) is 15.0. The number of aryl methyl sites for hydroxylation is 1. The minimum Gasteiger partial charge on any atom is -0.494 e. The van der Waals surface area contributed by atoms with E-state index >= 15 is 0 Å². The summed E-state index contributed by atoms with van der Waals surface area (Å²) in [5.41, 5.74) is 6.24. The maximum atomic E-state index is 6.04. The number of nitrogens with one attached hydrogen (secondary N) is 1. The highest BCUT2D eigenvalue weighted by molar-refractivity contribution is 5.85. The third-order valence-corrected chi connectivity index (χ3v) is 6.44. The van der Waals surface area contributed by atoms with Crippen LogP contribution in [0, 0.1) is 6.92 Å². The van der Waals surface area contributed by atoms with Crippen LogP contribution in [0.1, 0.15) is 81.9 Å². The summed E-state index contributed by atoms with van der Waals surface area (Å²) < 4.78 is 6.04. The predicted octanol–water partition coefficient (Wildman–Crippen LogP) is 8.42. The lowest BCUT2D eigenvalue weighted by molar-refractivity contribution is 0.304. The van der Waals surface area contributed by atoms with Gasteiger partial charge in [-0.3, -0.25) is 0 Å². The van der Waals surface area contributed by atoms with Crippen LogP contribution in [-0.4, -0.2) is 19.2 Å². The highest BCUT2D eigenvalue weighted by Gasteiger charge is 2.12. The van der Waals surface area contributed by atoms with Crippen LogP contribution in [0.4, 0.5) is 0 Å². The molecule has 0 aliphatic heterocycles. The van der Waals surface area contributed by atoms with E-state index in [9.17, 15) is 0 Å². The third kappa shape index (κ3) is 8.33. The molecule has 1 N–H and O–H groups in total. The highest BCUT2D eigenvalue weighted by Crippen LogP contribution is 2.31. The van der Waals surface area contributed by atoms with Gasteiger partial charge in [0.15, 0.2) is 0 Å². The summed E-state index contributed by atoms with van der Waals surface area (Å²) in [7, 11) is 0. The zero-order valence-corrected chi connectivity index (χ0v) is 21.5. The van der Waals surface area contributed by atoms with Crippen LogP contribution in [-0.2, 0) is 0 Å². The van der Waals surface area contributed by atoms with Crippen molar-refractivity contribution in [1.82, 2.24) is 5.32 Å². The molecule has 182 valence electrons. The summed E-state index contributed by atoms with van der Waals surface area (Å²) >= 11 is 0. The molecule has 1 aliphatic carbocycles. The second-order valence-corrected chi connectivity index (χ2v) is 9.35. The topological polar surface area (TPSA) is 21.3 Å². The largest absolute Gasteiger partial charge is 0.494 e. The summed E-state index contributed by atoms with van der Waals surface area (Å²) in [6.45, 7) is 8.31. The second-order valence-electron chi connectivity index (χ2n) is 9.35. The molecule has 2 heteroatoms. The van der Waals surface area contributed by atoms with Gasteiger partial charge in [0.1, 0.15) is 5.75 Å². The number of hydrogen-bond acceptors (Lipinski definition) is 2. The summed E-state index contributed by atoms with van der Waals surface area (Å²) in [4.78, 5) is 0. The SMILES string of the molecule is CCCCCCCCCCOc1ccc(C(=C2C=CC(NCC)C=C2)c2ccc(C)cc2)cc1. The van der Waals surface area contributed by atoms with Gasteiger partial charge < -0.3 is 10.1 Å². The Bertz CT molecular complexity index is 918. The predicted molar refractivity (Wildman–Crippen MR) is 147 cm³/mol. The number of rotatable bonds is 14. The van der Waals surface area contributed by atoms with Crippen LogP contribution in [0.25, 0.3) is 5.57 Å². The maximum Gasteiger partial charge on any atom is 0.119 e. The lowest BCUT2D eigenvalue weighted by Crippen LogP contribution is -2.25.